The molecular formula is C48H55FN8O12. The molecule has 366 valence electrons. The Morgan fingerprint density at radius 1 is 0.913 bits per heavy atom. The summed E-state index contributed by atoms with van der Waals surface area (Å²) in [7, 11) is 0. The zero-order valence-corrected chi connectivity index (χ0v) is 38.3. The molecule has 20 nitrogen and oxygen atoms in total. The molecule has 6 amide bonds. The normalized spacial score (nSPS) is 16.8. The Morgan fingerprint density at radius 3 is 2.39 bits per heavy atom. The van der Waals surface area contributed by atoms with E-state index in [-0.39, 0.29) is 88.7 Å². The summed E-state index contributed by atoms with van der Waals surface area (Å²) in [6, 6.07) is 10.1. The molecule has 4 heterocycles. The van der Waals surface area contributed by atoms with E-state index in [0.29, 0.717) is 57.4 Å². The zero-order chi connectivity index (χ0) is 49.4. The number of esters is 1. The number of aryl methyl sites for hydroxylation is 1. The number of nitrogens with one attached hydrogen (secondary N) is 6. The van der Waals surface area contributed by atoms with Crippen LogP contribution < -0.4 is 37.5 Å². The van der Waals surface area contributed by atoms with Crippen LogP contribution in [-0.4, -0.2) is 113 Å². The van der Waals surface area contributed by atoms with Gasteiger partial charge in [-0.2, -0.15) is 0 Å². The molecule has 0 saturated carbocycles. The van der Waals surface area contributed by atoms with Crippen molar-refractivity contribution in [3.63, 3.8) is 0 Å². The average molecular weight is 955 g/mol. The van der Waals surface area contributed by atoms with E-state index in [1.54, 1.807) is 50.2 Å². The minimum atomic E-state index is -2.03. The summed E-state index contributed by atoms with van der Waals surface area (Å²) in [6.45, 7) is 1.81. The van der Waals surface area contributed by atoms with Gasteiger partial charge in [0.25, 0.3) is 5.56 Å². The Hall–Kier alpha value is -7.10. The number of rotatable bonds is 21. The summed E-state index contributed by atoms with van der Waals surface area (Å²) in [5.41, 5.74) is 2.21. The van der Waals surface area contributed by atoms with Crippen molar-refractivity contribution in [3.8, 4) is 11.4 Å². The van der Waals surface area contributed by atoms with E-state index in [0.717, 1.165) is 5.56 Å². The molecule has 2 aromatic heterocycles. The van der Waals surface area contributed by atoms with Crippen LogP contribution in [0.5, 0.6) is 0 Å². The predicted molar refractivity (Wildman–Crippen MR) is 244 cm³/mol. The van der Waals surface area contributed by atoms with E-state index in [9.17, 15) is 43.5 Å². The Bertz CT molecular complexity index is 2750. The summed E-state index contributed by atoms with van der Waals surface area (Å²) in [4.78, 5) is 108. The van der Waals surface area contributed by atoms with E-state index >= 15 is 4.39 Å². The van der Waals surface area contributed by atoms with Crippen molar-refractivity contribution in [3.05, 3.63) is 97.6 Å². The van der Waals surface area contributed by atoms with Crippen molar-refractivity contribution in [1.29, 1.82) is 0 Å². The molecule has 1 aliphatic carbocycles. The highest BCUT2D eigenvalue weighted by Gasteiger charge is 2.46. The molecule has 2 aliphatic heterocycles. The largest absolute Gasteiger partial charge is 0.458 e. The molecule has 0 unspecified atom stereocenters. The van der Waals surface area contributed by atoms with Gasteiger partial charge in [0, 0.05) is 48.4 Å². The molecule has 0 saturated heterocycles. The van der Waals surface area contributed by atoms with Gasteiger partial charge in [0.05, 0.1) is 74.5 Å². The summed E-state index contributed by atoms with van der Waals surface area (Å²) in [5.74, 6) is -4.63. The van der Waals surface area contributed by atoms with Gasteiger partial charge >= 0.3 is 5.97 Å². The molecule has 3 atom stereocenters. The molecule has 4 aromatic rings. The molecule has 0 fully saturated rings. The number of pyridine rings is 2. The number of cyclic esters (lactones) is 1. The number of hydrogen-bond donors (Lipinski definition) is 8. The fourth-order valence-electron chi connectivity index (χ4n) is 8.94. The van der Waals surface area contributed by atoms with Crippen LogP contribution in [0.1, 0.15) is 84.0 Å². The topological polar surface area (TPSA) is 285 Å². The molecule has 69 heavy (non-hydrogen) atoms. The minimum absolute atomic E-state index is 0.0133. The monoisotopic (exact) mass is 954 g/mol. The van der Waals surface area contributed by atoms with Gasteiger partial charge in [-0.1, -0.05) is 37.3 Å². The van der Waals surface area contributed by atoms with Crippen molar-refractivity contribution in [2.24, 2.45) is 0 Å². The van der Waals surface area contributed by atoms with Crippen molar-refractivity contribution in [1.82, 2.24) is 41.5 Å². The second kappa shape index (κ2) is 21.9. The number of hydrogen-bond acceptors (Lipinski definition) is 13. The van der Waals surface area contributed by atoms with Gasteiger partial charge in [0.1, 0.15) is 18.5 Å². The van der Waals surface area contributed by atoms with E-state index < -0.39 is 84.2 Å². The number of aromatic nitrogens is 2. The second-order valence-electron chi connectivity index (χ2n) is 17.1. The number of carbonyl (C=O) groups is 7. The molecule has 0 spiro atoms. The van der Waals surface area contributed by atoms with Gasteiger partial charge in [-0.15, -0.1) is 0 Å². The third kappa shape index (κ3) is 11.1. The summed E-state index contributed by atoms with van der Waals surface area (Å²) in [6.07, 6.45) is 1.13. The first-order valence-corrected chi connectivity index (χ1v) is 22.8. The standard InChI is InChI=1S/C48H55FN8O12/c1-3-48(67)31-19-36-44-29(24-57(36)46(65)30(31)25-69-47(48)66)43-33(12-11-28-26(2)32(49)20-34(56-44)42(28)43)54-38(60)10-7-14-50-39(61)22-53-45(64)35(18-27-8-5-4-6-9-27)55-41(63)23-52-40(62)21-51-37(59)13-16-68-17-15-58/h4-6,8-9,19-20,33,35,58,67H,3,7,10-18,21-25H2,1-2H3,(H,50,61)(H,51,59)(H,52,62)(H,53,64)(H,54,60)(H,55,63)/t33-,35-,48-/m0/s1. The number of nitrogens with zero attached hydrogens (tertiary/aromatic N) is 2. The van der Waals surface area contributed by atoms with Crippen molar-refractivity contribution in [2.45, 2.75) is 89.6 Å². The molecule has 8 N–H and O–H groups in total. The Morgan fingerprint density at radius 2 is 1.64 bits per heavy atom. The lowest BCUT2D eigenvalue weighted by Crippen LogP contribution is -2.52. The first-order chi connectivity index (χ1) is 33.1. The van der Waals surface area contributed by atoms with E-state index in [4.69, 9.17) is 19.6 Å². The number of aliphatic hydroxyl groups is 2. The van der Waals surface area contributed by atoms with E-state index in [2.05, 4.69) is 31.9 Å². The van der Waals surface area contributed by atoms with Crippen molar-refractivity contribution < 1.29 is 57.6 Å². The van der Waals surface area contributed by atoms with Gasteiger partial charge in [-0.3, -0.25) is 33.6 Å². The highest BCUT2D eigenvalue weighted by Crippen LogP contribution is 2.46. The lowest BCUT2D eigenvalue weighted by molar-refractivity contribution is -0.172. The quantitative estimate of drug-likeness (QED) is 0.0356. The van der Waals surface area contributed by atoms with Gasteiger partial charge in [0.2, 0.25) is 35.4 Å². The molecule has 0 bridgehead atoms. The van der Waals surface area contributed by atoms with Crippen LogP contribution in [0.2, 0.25) is 0 Å². The highest BCUT2D eigenvalue weighted by molar-refractivity contribution is 5.95. The van der Waals surface area contributed by atoms with Crippen LogP contribution in [-0.2, 0) is 74.6 Å². The third-order valence-electron chi connectivity index (χ3n) is 12.6. The van der Waals surface area contributed by atoms with Crippen LogP contribution in [0, 0.1) is 12.7 Å². The van der Waals surface area contributed by atoms with E-state index in [1.165, 1.54) is 10.6 Å². The number of carbonyl (C=O) groups excluding carboxylic acids is 7. The molecule has 2 aromatic carbocycles. The average Bonchev–Trinajstić information content (AvgIpc) is 3.71. The SMILES string of the molecule is CC[C@@]1(O)C(=O)OCc2c1cc1n(c2=O)Cc2c-1nc1cc(F)c(C)c3c1c2[C@@H](NC(=O)CCCNC(=O)CNC(=O)[C@H](Cc1ccccc1)NC(=O)CNC(=O)CNC(=O)CCOCCO)CC3. The maximum atomic E-state index is 15.3. The first kappa shape index (κ1) is 49.8. The zero-order valence-electron chi connectivity index (χ0n) is 38.3. The van der Waals surface area contributed by atoms with Crippen LogP contribution in [0.4, 0.5) is 4.39 Å². The predicted octanol–water partition coefficient (Wildman–Crippen LogP) is 0.00212. The number of halogens is 1. The Labute approximate surface area is 395 Å². The summed E-state index contributed by atoms with van der Waals surface area (Å²) < 4.78 is 27.1. The van der Waals surface area contributed by atoms with E-state index in [1.807, 2.05) is 0 Å². The lowest BCUT2D eigenvalue weighted by Gasteiger charge is -2.31. The Kier molecular flexibility index (Phi) is 15.8. The molecule has 7 rings (SSSR count). The maximum absolute atomic E-state index is 15.3. The van der Waals surface area contributed by atoms with Crippen LogP contribution in [0.15, 0.2) is 47.3 Å². The molecular weight excluding hydrogens is 900 g/mol. The second-order valence-corrected chi connectivity index (χ2v) is 17.1. The number of benzene rings is 2. The highest BCUT2D eigenvalue weighted by atomic mass is 19.1. The number of amides is 6. The number of aliphatic hydroxyl groups excluding tert-OH is 1. The summed E-state index contributed by atoms with van der Waals surface area (Å²) >= 11 is 0. The lowest BCUT2D eigenvalue weighted by atomic mass is 9.81. The number of fused-ring (bicyclic) bond motifs is 5. The fraction of sp³-hybridized carbons (Fsp3) is 0.438. The molecule has 0 radical (unpaired) electrons. The Balaban J connectivity index is 0.932. The van der Waals surface area contributed by atoms with Crippen LogP contribution in [0.25, 0.3) is 22.3 Å². The van der Waals surface area contributed by atoms with Crippen molar-refractivity contribution >= 4 is 52.3 Å². The van der Waals surface area contributed by atoms with Gasteiger partial charge in [-0.25, -0.2) is 14.2 Å². The fourth-order valence-corrected chi connectivity index (χ4v) is 8.94. The van der Waals surface area contributed by atoms with Crippen LogP contribution in [0.3, 0.4) is 0 Å². The molecule has 21 heteroatoms. The number of ether oxygens (including phenoxy) is 2. The smallest absolute Gasteiger partial charge is 0.343 e. The van der Waals surface area contributed by atoms with Gasteiger partial charge in [-0.05, 0) is 60.9 Å². The first-order valence-electron chi connectivity index (χ1n) is 22.8. The van der Waals surface area contributed by atoms with Crippen molar-refractivity contribution in [2.75, 3.05) is 46.0 Å². The summed E-state index contributed by atoms with van der Waals surface area (Å²) in [5, 5.41) is 36.4. The third-order valence-corrected chi connectivity index (χ3v) is 12.6. The minimum Gasteiger partial charge on any atom is -0.458 e. The van der Waals surface area contributed by atoms with Crippen LogP contribution >= 0.6 is 0 Å². The maximum Gasteiger partial charge on any atom is 0.343 e. The van der Waals surface area contributed by atoms with Gasteiger partial charge < -0.3 is 56.2 Å². The van der Waals surface area contributed by atoms with Gasteiger partial charge in [0.15, 0.2) is 5.60 Å². The molecule has 3 aliphatic rings.